The van der Waals surface area contributed by atoms with Crippen LogP contribution in [-0.2, 0) is 19.6 Å². The molecular formula is C14H15Cl2N5O6S. The van der Waals surface area contributed by atoms with Crippen molar-refractivity contribution in [3.05, 3.63) is 30.6 Å². The summed E-state index contributed by atoms with van der Waals surface area (Å²) in [5.41, 5.74) is 5.56. The number of nitrogens with zero attached hydrogens (tertiary/aromatic N) is 3. The molecule has 28 heavy (non-hydrogen) atoms. The topological polar surface area (TPSA) is 178 Å². The van der Waals surface area contributed by atoms with E-state index >= 15 is 0 Å². The second-order valence-electron chi connectivity index (χ2n) is 5.27. The molecule has 0 aliphatic carbocycles. The highest BCUT2D eigenvalue weighted by atomic mass is 35.5. The van der Waals surface area contributed by atoms with Crippen LogP contribution in [0.25, 0.3) is 10.8 Å². The summed E-state index contributed by atoms with van der Waals surface area (Å²) in [5, 5.41) is 25.8. The number of aromatic nitrogens is 1. The summed E-state index contributed by atoms with van der Waals surface area (Å²) < 4.78 is 26.5. The number of guanidine groups is 1. The largest absolute Gasteiger partial charge is 0.480 e. The molecule has 1 aromatic heterocycles. The minimum atomic E-state index is -4.40. The third kappa shape index (κ3) is 4.98. The van der Waals surface area contributed by atoms with E-state index in [4.69, 9.17) is 33.1 Å². The fourth-order valence-corrected chi connectivity index (χ4v) is 3.77. The first-order chi connectivity index (χ1) is 12.5. The highest BCUT2D eigenvalue weighted by Gasteiger charge is 2.29. The van der Waals surface area contributed by atoms with E-state index < -0.39 is 41.0 Å². The van der Waals surface area contributed by atoms with Crippen LogP contribution in [0.2, 0.25) is 0 Å². The van der Waals surface area contributed by atoms with E-state index in [2.05, 4.69) is 4.98 Å². The zero-order chi connectivity index (χ0) is 20.4. The fraction of sp³-hybridized carbons (Fsp3) is 0.143. The maximum Gasteiger partial charge on any atom is 0.318 e. The quantitative estimate of drug-likeness (QED) is 0.267. The van der Waals surface area contributed by atoms with Gasteiger partial charge in [0.05, 0.1) is 16.8 Å². The lowest BCUT2D eigenvalue weighted by molar-refractivity contribution is -0.139. The van der Waals surface area contributed by atoms with E-state index in [1.807, 2.05) is 0 Å². The molecule has 14 heteroatoms. The minimum absolute atomic E-state index is 0. The third-order valence-corrected chi connectivity index (χ3v) is 5.55. The van der Waals surface area contributed by atoms with Crippen LogP contribution in [0, 0.1) is 5.41 Å². The maximum atomic E-state index is 12.7. The number of carboxylic acid groups (broad SMARTS) is 2. The first kappa shape index (κ1) is 23.4. The molecule has 2 rings (SSSR count). The van der Waals surface area contributed by atoms with Gasteiger partial charge in [0.25, 0.3) is 0 Å². The Labute approximate surface area is 170 Å². The maximum absolute atomic E-state index is 12.7. The van der Waals surface area contributed by atoms with Crippen LogP contribution in [-0.4, -0.2) is 58.9 Å². The first-order valence-corrected chi connectivity index (χ1v) is 8.93. The lowest BCUT2D eigenvalue weighted by atomic mass is 10.1. The van der Waals surface area contributed by atoms with Crippen LogP contribution < -0.4 is 10.2 Å². The summed E-state index contributed by atoms with van der Waals surface area (Å²) in [7, 11) is -4.40. The van der Waals surface area contributed by atoms with Gasteiger partial charge in [-0.2, -0.15) is 4.31 Å². The fourth-order valence-electron chi connectivity index (χ4n) is 2.26. The molecule has 0 bridgehead atoms. The predicted molar refractivity (Wildman–Crippen MR) is 103 cm³/mol. The van der Waals surface area contributed by atoms with Crippen molar-refractivity contribution in [2.45, 2.75) is 4.90 Å². The van der Waals surface area contributed by atoms with Gasteiger partial charge < -0.3 is 15.9 Å². The van der Waals surface area contributed by atoms with Gasteiger partial charge in [-0.3, -0.25) is 20.0 Å². The van der Waals surface area contributed by atoms with Crippen LogP contribution in [0.4, 0.5) is 5.69 Å². The lowest BCUT2D eigenvalue weighted by Gasteiger charge is -2.19. The van der Waals surface area contributed by atoms with Gasteiger partial charge in [0.1, 0.15) is 13.1 Å². The monoisotopic (exact) mass is 451 g/mol. The number of carboxylic acids is 2. The summed E-state index contributed by atoms with van der Waals surface area (Å²) >= 11 is 5.90. The van der Waals surface area contributed by atoms with E-state index in [0.717, 1.165) is 4.42 Å². The van der Waals surface area contributed by atoms with E-state index in [1.54, 1.807) is 0 Å². The van der Waals surface area contributed by atoms with Crippen molar-refractivity contribution in [2.75, 3.05) is 17.5 Å². The summed E-state index contributed by atoms with van der Waals surface area (Å²) in [5.74, 6) is -3.47. The third-order valence-electron chi connectivity index (χ3n) is 3.39. The van der Waals surface area contributed by atoms with E-state index in [9.17, 15) is 18.0 Å². The average Bonchev–Trinajstić information content (AvgIpc) is 2.58. The number of pyridine rings is 1. The smallest absolute Gasteiger partial charge is 0.318 e. The SMILES string of the molecule is Cl.N=C(N)N(Cl)c1cncc2cc(S(=O)(=O)N(CC(=O)O)CC(=O)O)ccc12. The van der Waals surface area contributed by atoms with Gasteiger partial charge in [-0.25, -0.2) is 12.8 Å². The van der Waals surface area contributed by atoms with E-state index in [-0.39, 0.29) is 23.0 Å². The van der Waals surface area contributed by atoms with Crippen LogP contribution in [0.1, 0.15) is 0 Å². The van der Waals surface area contributed by atoms with Gasteiger partial charge in [-0.15, -0.1) is 12.4 Å². The molecular weight excluding hydrogens is 437 g/mol. The van der Waals surface area contributed by atoms with Gasteiger partial charge in [0.15, 0.2) is 0 Å². The molecule has 0 amide bonds. The van der Waals surface area contributed by atoms with Crippen molar-refractivity contribution >= 4 is 68.6 Å². The molecule has 0 aliphatic rings. The van der Waals surface area contributed by atoms with Crippen molar-refractivity contribution < 1.29 is 28.2 Å². The van der Waals surface area contributed by atoms with Crippen molar-refractivity contribution in [3.63, 3.8) is 0 Å². The zero-order valence-corrected chi connectivity index (χ0v) is 16.3. The Morgan fingerprint density at radius 1 is 1.18 bits per heavy atom. The van der Waals surface area contributed by atoms with Gasteiger partial charge in [0.2, 0.25) is 16.0 Å². The molecule has 0 saturated heterocycles. The van der Waals surface area contributed by atoms with Crippen LogP contribution in [0.5, 0.6) is 0 Å². The first-order valence-electron chi connectivity index (χ1n) is 7.15. The summed E-state index contributed by atoms with van der Waals surface area (Å²) in [6.07, 6.45) is 2.66. The molecule has 1 aromatic carbocycles. The summed E-state index contributed by atoms with van der Waals surface area (Å²) in [6.45, 7) is -2.02. The molecule has 1 heterocycles. The number of fused-ring (bicyclic) bond motifs is 1. The Bertz CT molecular complexity index is 1020. The number of hydrogen-bond donors (Lipinski definition) is 4. The second kappa shape index (κ2) is 9.01. The number of benzene rings is 1. The number of anilines is 1. The number of sulfonamides is 1. The highest BCUT2D eigenvalue weighted by Crippen LogP contribution is 2.29. The molecule has 5 N–H and O–H groups in total. The molecule has 0 saturated carbocycles. The molecule has 0 fully saturated rings. The Morgan fingerprint density at radius 2 is 1.75 bits per heavy atom. The highest BCUT2D eigenvalue weighted by molar-refractivity contribution is 7.89. The van der Waals surface area contributed by atoms with Gasteiger partial charge >= 0.3 is 11.9 Å². The normalized spacial score (nSPS) is 11.1. The van der Waals surface area contributed by atoms with Crippen LogP contribution in [0.15, 0.2) is 35.5 Å². The minimum Gasteiger partial charge on any atom is -0.480 e. The number of nitrogens with two attached hydrogens (primary N) is 1. The molecule has 0 unspecified atom stereocenters. The molecule has 0 radical (unpaired) electrons. The Kier molecular flexibility index (Phi) is 7.52. The van der Waals surface area contributed by atoms with E-state index in [1.165, 1.54) is 30.6 Å². The standard InChI is InChI=1S/C14H14ClN5O6S.ClH/c15-20(14(16)17)11-5-18-4-8-3-9(1-2-10(8)11)27(25,26)19(6-12(21)22)7-13(23)24;/h1-5H,6-7H2,(H3,16,17)(H,21,22)(H,23,24);1H. The number of carbonyl (C=O) groups is 2. The molecule has 152 valence electrons. The summed E-state index contributed by atoms with van der Waals surface area (Å²) in [6, 6.07) is 3.74. The second-order valence-corrected chi connectivity index (χ2v) is 7.54. The predicted octanol–water partition coefficient (Wildman–Crippen LogP) is 0.670. The molecule has 11 nitrogen and oxygen atoms in total. The van der Waals surface area contributed by atoms with Crippen molar-refractivity contribution in [1.29, 1.82) is 5.41 Å². The number of rotatable bonds is 7. The lowest BCUT2D eigenvalue weighted by Crippen LogP contribution is -2.39. The van der Waals surface area contributed by atoms with Gasteiger partial charge in [-0.1, -0.05) is 6.07 Å². The zero-order valence-electron chi connectivity index (χ0n) is 13.9. The molecule has 2 aromatic rings. The van der Waals surface area contributed by atoms with Crippen molar-refractivity contribution in [1.82, 2.24) is 9.29 Å². The Morgan fingerprint density at radius 3 is 2.25 bits per heavy atom. The van der Waals surface area contributed by atoms with Crippen LogP contribution >= 0.6 is 24.2 Å². The molecule has 0 aliphatic heterocycles. The van der Waals surface area contributed by atoms with Gasteiger partial charge in [-0.05, 0) is 12.1 Å². The Balaban J connectivity index is 0.00000392. The van der Waals surface area contributed by atoms with E-state index in [0.29, 0.717) is 15.1 Å². The number of halogens is 2. The van der Waals surface area contributed by atoms with Crippen molar-refractivity contribution in [2.24, 2.45) is 5.73 Å². The van der Waals surface area contributed by atoms with Crippen LogP contribution in [0.3, 0.4) is 0 Å². The number of aliphatic carboxylic acids is 2. The molecule has 0 atom stereocenters. The van der Waals surface area contributed by atoms with Gasteiger partial charge in [0, 0.05) is 28.7 Å². The Hall–Kier alpha value is -2.67. The average molecular weight is 452 g/mol. The number of hydrogen-bond acceptors (Lipinski definition) is 6. The molecule has 0 spiro atoms. The van der Waals surface area contributed by atoms with Crippen molar-refractivity contribution in [3.8, 4) is 0 Å². The summed E-state index contributed by atoms with van der Waals surface area (Å²) in [4.78, 5) is 25.4. The number of nitrogens with one attached hydrogen (secondary N) is 1.